The number of amides is 2. The highest BCUT2D eigenvalue weighted by atomic mass is 32.2. The SMILES string of the molecule is CC[C@H](C)[C@@H](CN(CC(=O)N[C@@H](CCSC)C(=O)OC)Cc1cccc2ccccc12)NC(=O)Cc1cnc[nH]1. The molecule has 0 fully saturated rings. The lowest BCUT2D eigenvalue weighted by Crippen LogP contribution is -2.51. The van der Waals surface area contributed by atoms with Crippen molar-refractivity contribution < 1.29 is 19.1 Å². The first-order valence-corrected chi connectivity index (χ1v) is 15.1. The second kappa shape index (κ2) is 16.0. The molecule has 0 unspecified atom stereocenters. The lowest BCUT2D eigenvalue weighted by Gasteiger charge is -2.31. The fourth-order valence-electron chi connectivity index (χ4n) is 4.67. The van der Waals surface area contributed by atoms with Crippen molar-refractivity contribution in [2.24, 2.45) is 5.92 Å². The van der Waals surface area contributed by atoms with Crippen molar-refractivity contribution >= 4 is 40.3 Å². The first-order chi connectivity index (χ1) is 19.3. The fraction of sp³-hybridized carbons (Fsp3) is 0.467. The van der Waals surface area contributed by atoms with Crippen LogP contribution in [0.1, 0.15) is 37.9 Å². The number of hydrogen-bond donors (Lipinski definition) is 3. The number of hydrogen-bond acceptors (Lipinski definition) is 7. The summed E-state index contributed by atoms with van der Waals surface area (Å²) in [6, 6.07) is 13.4. The van der Waals surface area contributed by atoms with Crippen molar-refractivity contribution in [2.75, 3.05) is 32.2 Å². The summed E-state index contributed by atoms with van der Waals surface area (Å²) in [7, 11) is 1.33. The number of imidazole rings is 1. The third-order valence-corrected chi connectivity index (χ3v) is 7.75. The number of nitrogens with one attached hydrogen (secondary N) is 3. The zero-order valence-corrected chi connectivity index (χ0v) is 24.6. The highest BCUT2D eigenvalue weighted by Crippen LogP contribution is 2.21. The number of aromatic amines is 1. The van der Waals surface area contributed by atoms with E-state index >= 15 is 0 Å². The predicted octanol–water partition coefficient (Wildman–Crippen LogP) is 3.55. The minimum atomic E-state index is -0.705. The zero-order valence-electron chi connectivity index (χ0n) is 23.8. The quantitative estimate of drug-likeness (QED) is 0.227. The van der Waals surface area contributed by atoms with Crippen LogP contribution in [-0.4, -0.2) is 76.9 Å². The van der Waals surface area contributed by atoms with E-state index in [1.54, 1.807) is 24.3 Å². The first-order valence-electron chi connectivity index (χ1n) is 13.7. The summed E-state index contributed by atoms with van der Waals surface area (Å²) in [4.78, 5) is 47.6. The summed E-state index contributed by atoms with van der Waals surface area (Å²) >= 11 is 1.61. The first kappa shape index (κ1) is 31.2. The molecule has 9 nitrogen and oxygen atoms in total. The minimum absolute atomic E-state index is 0.0688. The van der Waals surface area contributed by atoms with E-state index in [4.69, 9.17) is 4.74 Å². The van der Waals surface area contributed by atoms with Crippen LogP contribution in [0, 0.1) is 5.92 Å². The van der Waals surface area contributed by atoms with Gasteiger partial charge in [0, 0.05) is 31.0 Å². The Morgan fingerprint density at radius 1 is 1.10 bits per heavy atom. The average Bonchev–Trinajstić information content (AvgIpc) is 3.47. The maximum absolute atomic E-state index is 13.3. The summed E-state index contributed by atoms with van der Waals surface area (Å²) < 4.78 is 4.93. The molecule has 1 aromatic heterocycles. The Morgan fingerprint density at radius 2 is 1.88 bits per heavy atom. The summed E-state index contributed by atoms with van der Waals surface area (Å²) in [5, 5.41) is 8.31. The van der Waals surface area contributed by atoms with E-state index in [0.717, 1.165) is 34.2 Å². The van der Waals surface area contributed by atoms with Gasteiger partial charge < -0.3 is 20.4 Å². The number of rotatable bonds is 16. The number of aromatic nitrogens is 2. The summed E-state index contributed by atoms with van der Waals surface area (Å²) in [6.07, 6.45) is 6.71. The molecular formula is C30H41N5O4S. The molecule has 3 aromatic rings. The van der Waals surface area contributed by atoms with Gasteiger partial charge in [0.1, 0.15) is 6.04 Å². The Morgan fingerprint density at radius 3 is 2.58 bits per heavy atom. The molecule has 3 rings (SSSR count). The number of benzene rings is 2. The van der Waals surface area contributed by atoms with E-state index in [-0.39, 0.29) is 36.7 Å². The predicted molar refractivity (Wildman–Crippen MR) is 160 cm³/mol. The van der Waals surface area contributed by atoms with Gasteiger partial charge in [-0.2, -0.15) is 11.8 Å². The van der Waals surface area contributed by atoms with Crippen LogP contribution in [-0.2, 0) is 32.1 Å². The zero-order chi connectivity index (χ0) is 28.9. The number of esters is 1. The largest absolute Gasteiger partial charge is 0.467 e. The second-order valence-electron chi connectivity index (χ2n) is 10.0. The standard InChI is InChI=1S/C30H41N5O4S/c1-5-21(2)27(34-28(36)15-24-16-31-20-32-24)18-35(17-23-11-8-10-22-9-6-7-12-25(22)23)19-29(37)33-26(13-14-40-4)30(38)39-3/h6-12,16,20-21,26-27H,5,13-15,17-19H2,1-4H3,(H,31,32)(H,33,37)(H,34,36)/t21-,26-,27+/m0/s1. The van der Waals surface area contributed by atoms with E-state index in [2.05, 4.69) is 58.7 Å². The molecule has 3 atom stereocenters. The van der Waals surface area contributed by atoms with Gasteiger partial charge in [-0.1, -0.05) is 62.7 Å². The maximum atomic E-state index is 13.3. The Labute approximate surface area is 240 Å². The summed E-state index contributed by atoms with van der Waals surface area (Å²) in [5.41, 5.74) is 1.83. The highest BCUT2D eigenvalue weighted by molar-refractivity contribution is 7.98. The molecule has 3 N–H and O–H groups in total. The molecule has 2 aromatic carbocycles. The molecule has 0 spiro atoms. The minimum Gasteiger partial charge on any atom is -0.467 e. The molecule has 0 aliphatic carbocycles. The lowest BCUT2D eigenvalue weighted by molar-refractivity contribution is -0.145. The lowest BCUT2D eigenvalue weighted by atomic mass is 9.97. The third-order valence-electron chi connectivity index (χ3n) is 7.11. The molecule has 0 saturated heterocycles. The van der Waals surface area contributed by atoms with Crippen LogP contribution in [0.4, 0.5) is 0 Å². The van der Waals surface area contributed by atoms with Gasteiger partial charge in [0.25, 0.3) is 0 Å². The van der Waals surface area contributed by atoms with E-state index < -0.39 is 12.0 Å². The molecule has 216 valence electrons. The van der Waals surface area contributed by atoms with E-state index in [0.29, 0.717) is 19.5 Å². The summed E-state index contributed by atoms with van der Waals surface area (Å²) in [5.74, 6) is 0.0770. The van der Waals surface area contributed by atoms with Gasteiger partial charge in [-0.3, -0.25) is 14.5 Å². The number of carbonyl (C=O) groups excluding carboxylic acids is 3. The molecular weight excluding hydrogens is 526 g/mol. The number of fused-ring (bicyclic) bond motifs is 1. The van der Waals surface area contributed by atoms with E-state index in [1.807, 2.05) is 29.4 Å². The van der Waals surface area contributed by atoms with Crippen molar-refractivity contribution in [3.05, 3.63) is 66.2 Å². The molecule has 2 amide bonds. The monoisotopic (exact) mass is 567 g/mol. The third kappa shape index (κ3) is 9.38. The van der Waals surface area contributed by atoms with Crippen LogP contribution in [0.25, 0.3) is 10.8 Å². The van der Waals surface area contributed by atoms with Crippen LogP contribution >= 0.6 is 11.8 Å². The Bertz CT molecular complexity index is 1230. The van der Waals surface area contributed by atoms with Gasteiger partial charge in [-0.15, -0.1) is 0 Å². The van der Waals surface area contributed by atoms with Gasteiger partial charge >= 0.3 is 5.97 Å². The number of H-pyrrole nitrogens is 1. The van der Waals surface area contributed by atoms with Gasteiger partial charge in [0.2, 0.25) is 11.8 Å². The normalized spacial score (nSPS) is 13.5. The van der Waals surface area contributed by atoms with Gasteiger partial charge in [0.05, 0.1) is 26.4 Å². The van der Waals surface area contributed by atoms with Crippen LogP contribution in [0.5, 0.6) is 0 Å². The molecule has 40 heavy (non-hydrogen) atoms. The van der Waals surface area contributed by atoms with Gasteiger partial charge in [0.15, 0.2) is 0 Å². The Balaban J connectivity index is 1.82. The number of methoxy groups -OCH3 is 1. The number of ether oxygens (including phenoxy) is 1. The van der Waals surface area contributed by atoms with E-state index in [1.165, 1.54) is 7.11 Å². The molecule has 0 radical (unpaired) electrons. The van der Waals surface area contributed by atoms with Crippen LogP contribution in [0.15, 0.2) is 55.0 Å². The number of carbonyl (C=O) groups is 3. The van der Waals surface area contributed by atoms with Gasteiger partial charge in [-0.25, -0.2) is 9.78 Å². The van der Waals surface area contributed by atoms with Gasteiger partial charge in [-0.05, 0) is 40.7 Å². The van der Waals surface area contributed by atoms with Crippen molar-refractivity contribution in [3.8, 4) is 0 Å². The molecule has 0 saturated carbocycles. The molecule has 0 bridgehead atoms. The molecule has 10 heteroatoms. The van der Waals surface area contributed by atoms with Crippen molar-refractivity contribution in [3.63, 3.8) is 0 Å². The molecule has 0 aliphatic rings. The number of nitrogens with zero attached hydrogens (tertiary/aromatic N) is 2. The second-order valence-corrected chi connectivity index (χ2v) is 11.0. The Hall–Kier alpha value is -3.37. The van der Waals surface area contributed by atoms with Crippen molar-refractivity contribution in [1.29, 1.82) is 0 Å². The maximum Gasteiger partial charge on any atom is 0.328 e. The van der Waals surface area contributed by atoms with Crippen molar-refractivity contribution in [2.45, 2.75) is 51.7 Å². The fourth-order valence-corrected chi connectivity index (χ4v) is 5.14. The van der Waals surface area contributed by atoms with Crippen molar-refractivity contribution in [1.82, 2.24) is 25.5 Å². The smallest absolute Gasteiger partial charge is 0.328 e. The molecule has 0 aliphatic heterocycles. The topological polar surface area (TPSA) is 116 Å². The summed E-state index contributed by atoms with van der Waals surface area (Å²) in [6.45, 7) is 5.24. The average molecular weight is 568 g/mol. The number of thioether (sulfide) groups is 1. The van der Waals surface area contributed by atoms with Crippen LogP contribution in [0.2, 0.25) is 0 Å². The van der Waals surface area contributed by atoms with Crippen LogP contribution in [0.3, 0.4) is 0 Å². The molecule has 1 heterocycles. The highest BCUT2D eigenvalue weighted by Gasteiger charge is 2.26. The Kier molecular flexibility index (Phi) is 12.5. The van der Waals surface area contributed by atoms with Crippen LogP contribution < -0.4 is 10.6 Å². The van der Waals surface area contributed by atoms with E-state index in [9.17, 15) is 14.4 Å².